The van der Waals surface area contributed by atoms with Crippen LogP contribution in [0.2, 0.25) is 0 Å². The van der Waals surface area contributed by atoms with Gasteiger partial charge in [0.05, 0.1) is 11.1 Å². The molecule has 4 nitrogen and oxygen atoms in total. The Morgan fingerprint density at radius 1 is 1.33 bits per heavy atom. The van der Waals surface area contributed by atoms with E-state index in [2.05, 4.69) is 10.3 Å². The minimum Gasteiger partial charge on any atom is -0.382 e. The molecule has 2 heterocycles. The third-order valence-corrected chi connectivity index (χ3v) is 4.14. The standard InChI is InChI=1S/C16H19FN2O2/c1-20-16(5-8-21-9-6-16)11-19-14-4-7-18-15-10-12(17)2-3-13(14)15/h2-4,7,10H,5-6,8-9,11H2,1H3,(H,18,19). The van der Waals surface area contributed by atoms with Gasteiger partial charge in [0.1, 0.15) is 5.82 Å². The molecular formula is C16H19FN2O2. The van der Waals surface area contributed by atoms with E-state index >= 15 is 0 Å². The maximum absolute atomic E-state index is 13.3. The van der Waals surface area contributed by atoms with Crippen LogP contribution in [0.25, 0.3) is 10.9 Å². The summed E-state index contributed by atoms with van der Waals surface area (Å²) in [6, 6.07) is 6.56. The molecule has 0 saturated carbocycles. The van der Waals surface area contributed by atoms with E-state index in [0.29, 0.717) is 12.1 Å². The zero-order valence-corrected chi connectivity index (χ0v) is 12.1. The van der Waals surface area contributed by atoms with Gasteiger partial charge in [0.15, 0.2) is 0 Å². The number of aromatic nitrogens is 1. The average molecular weight is 290 g/mol. The maximum Gasteiger partial charge on any atom is 0.125 e. The molecule has 0 bridgehead atoms. The highest BCUT2D eigenvalue weighted by atomic mass is 19.1. The van der Waals surface area contributed by atoms with Gasteiger partial charge in [-0.2, -0.15) is 0 Å². The van der Waals surface area contributed by atoms with Gasteiger partial charge in [0.2, 0.25) is 0 Å². The molecule has 3 rings (SSSR count). The number of pyridine rings is 1. The largest absolute Gasteiger partial charge is 0.382 e. The first-order valence-corrected chi connectivity index (χ1v) is 7.13. The van der Waals surface area contributed by atoms with Crippen molar-refractivity contribution in [2.24, 2.45) is 0 Å². The molecule has 0 radical (unpaired) electrons. The smallest absolute Gasteiger partial charge is 0.125 e. The number of anilines is 1. The van der Waals surface area contributed by atoms with E-state index in [1.54, 1.807) is 19.4 Å². The number of fused-ring (bicyclic) bond motifs is 1. The first-order chi connectivity index (χ1) is 10.2. The lowest BCUT2D eigenvalue weighted by atomic mass is 9.94. The van der Waals surface area contributed by atoms with Crippen LogP contribution < -0.4 is 5.32 Å². The lowest BCUT2D eigenvalue weighted by molar-refractivity contribution is -0.0807. The van der Waals surface area contributed by atoms with Gasteiger partial charge >= 0.3 is 0 Å². The molecule has 1 aromatic heterocycles. The summed E-state index contributed by atoms with van der Waals surface area (Å²) >= 11 is 0. The molecule has 1 fully saturated rings. The predicted molar refractivity (Wildman–Crippen MR) is 80.0 cm³/mol. The minimum atomic E-state index is -0.273. The molecule has 0 spiro atoms. The molecule has 2 aromatic rings. The summed E-state index contributed by atoms with van der Waals surface area (Å²) in [6.07, 6.45) is 3.43. The molecule has 21 heavy (non-hydrogen) atoms. The average Bonchev–Trinajstić information content (AvgIpc) is 2.53. The number of hydrogen-bond acceptors (Lipinski definition) is 4. The number of ether oxygens (including phenoxy) is 2. The zero-order valence-electron chi connectivity index (χ0n) is 12.1. The van der Waals surface area contributed by atoms with Crippen LogP contribution in [0.15, 0.2) is 30.5 Å². The number of nitrogens with zero attached hydrogens (tertiary/aromatic N) is 1. The van der Waals surface area contributed by atoms with Gasteiger partial charge in [-0.1, -0.05) is 0 Å². The Balaban J connectivity index is 1.81. The van der Waals surface area contributed by atoms with Crippen LogP contribution in [-0.2, 0) is 9.47 Å². The van der Waals surface area contributed by atoms with Crippen LogP contribution in [-0.4, -0.2) is 37.5 Å². The third-order valence-electron chi connectivity index (χ3n) is 4.14. The first kappa shape index (κ1) is 14.2. The quantitative estimate of drug-likeness (QED) is 0.940. The van der Waals surface area contributed by atoms with Gasteiger partial charge in [0.25, 0.3) is 0 Å². The van der Waals surface area contributed by atoms with Crippen LogP contribution in [0.3, 0.4) is 0 Å². The zero-order chi connectivity index (χ0) is 14.7. The second-order valence-electron chi connectivity index (χ2n) is 5.37. The fraction of sp³-hybridized carbons (Fsp3) is 0.438. The molecule has 1 saturated heterocycles. The van der Waals surface area contributed by atoms with Crippen LogP contribution >= 0.6 is 0 Å². The summed E-state index contributed by atoms with van der Waals surface area (Å²) in [4.78, 5) is 4.20. The van der Waals surface area contributed by atoms with Crippen molar-refractivity contribution < 1.29 is 13.9 Å². The number of benzene rings is 1. The molecule has 0 amide bonds. The number of halogens is 1. The highest BCUT2D eigenvalue weighted by Gasteiger charge is 2.32. The van der Waals surface area contributed by atoms with Crippen molar-refractivity contribution in [3.63, 3.8) is 0 Å². The van der Waals surface area contributed by atoms with Crippen LogP contribution in [0.1, 0.15) is 12.8 Å². The van der Waals surface area contributed by atoms with Crippen LogP contribution in [0.4, 0.5) is 10.1 Å². The monoisotopic (exact) mass is 290 g/mol. The van der Waals surface area contributed by atoms with Crippen LogP contribution in [0.5, 0.6) is 0 Å². The van der Waals surface area contributed by atoms with Crippen molar-refractivity contribution in [3.8, 4) is 0 Å². The van der Waals surface area contributed by atoms with Crippen molar-refractivity contribution in [1.29, 1.82) is 0 Å². The van der Waals surface area contributed by atoms with Crippen molar-refractivity contribution in [3.05, 3.63) is 36.3 Å². The SMILES string of the molecule is COC1(CNc2ccnc3cc(F)ccc23)CCOCC1. The Labute approximate surface area is 123 Å². The predicted octanol–water partition coefficient (Wildman–Crippen LogP) is 2.98. The van der Waals surface area contributed by atoms with Gasteiger partial charge in [-0.15, -0.1) is 0 Å². The summed E-state index contributed by atoms with van der Waals surface area (Å²) in [6.45, 7) is 2.14. The van der Waals surface area contributed by atoms with Gasteiger partial charge in [-0.05, 0) is 18.2 Å². The molecule has 1 aliphatic heterocycles. The molecule has 112 valence electrons. The molecule has 0 atom stereocenters. The fourth-order valence-corrected chi connectivity index (χ4v) is 2.73. The lowest BCUT2D eigenvalue weighted by Gasteiger charge is -2.36. The molecule has 1 N–H and O–H groups in total. The van der Waals surface area contributed by atoms with E-state index in [1.165, 1.54) is 12.1 Å². The third kappa shape index (κ3) is 2.99. The number of methoxy groups -OCH3 is 1. The van der Waals surface area contributed by atoms with Crippen LogP contribution in [0, 0.1) is 5.82 Å². The molecule has 5 heteroatoms. The second-order valence-corrected chi connectivity index (χ2v) is 5.37. The Hall–Kier alpha value is -1.72. The summed E-state index contributed by atoms with van der Waals surface area (Å²) in [7, 11) is 1.74. The maximum atomic E-state index is 13.3. The summed E-state index contributed by atoms with van der Waals surface area (Å²) in [5.41, 5.74) is 1.40. The summed E-state index contributed by atoms with van der Waals surface area (Å²) in [5.74, 6) is -0.273. The van der Waals surface area contributed by atoms with Crippen molar-refractivity contribution >= 4 is 16.6 Å². The summed E-state index contributed by atoms with van der Waals surface area (Å²) < 4.78 is 24.4. The molecule has 1 aromatic carbocycles. The number of nitrogens with one attached hydrogen (secondary N) is 1. The van der Waals surface area contributed by atoms with E-state index in [0.717, 1.165) is 37.1 Å². The molecule has 0 aliphatic carbocycles. The molecule has 0 unspecified atom stereocenters. The van der Waals surface area contributed by atoms with Crippen molar-refractivity contribution in [2.45, 2.75) is 18.4 Å². The fourth-order valence-electron chi connectivity index (χ4n) is 2.73. The minimum absolute atomic E-state index is 0.201. The number of hydrogen-bond donors (Lipinski definition) is 1. The normalized spacial score (nSPS) is 17.8. The lowest BCUT2D eigenvalue weighted by Crippen LogP contribution is -2.44. The second kappa shape index (κ2) is 5.95. The first-order valence-electron chi connectivity index (χ1n) is 7.13. The van der Waals surface area contributed by atoms with E-state index in [4.69, 9.17) is 9.47 Å². The Bertz CT molecular complexity index is 627. The Kier molecular flexibility index (Phi) is 4.03. The molecule has 1 aliphatic rings. The van der Waals surface area contributed by atoms with E-state index < -0.39 is 0 Å². The highest BCUT2D eigenvalue weighted by molar-refractivity contribution is 5.90. The van der Waals surface area contributed by atoms with E-state index in [-0.39, 0.29) is 11.4 Å². The summed E-state index contributed by atoms with van der Waals surface area (Å²) in [5, 5.41) is 4.34. The molecular weight excluding hydrogens is 271 g/mol. The van der Waals surface area contributed by atoms with Gasteiger partial charge in [-0.25, -0.2) is 4.39 Å². The number of rotatable bonds is 4. The Morgan fingerprint density at radius 2 is 2.14 bits per heavy atom. The van der Waals surface area contributed by atoms with Gasteiger partial charge in [0, 0.05) is 63.0 Å². The van der Waals surface area contributed by atoms with Crippen molar-refractivity contribution in [2.75, 3.05) is 32.2 Å². The van der Waals surface area contributed by atoms with E-state index in [1.807, 2.05) is 6.07 Å². The Morgan fingerprint density at radius 3 is 2.90 bits per heavy atom. The highest BCUT2D eigenvalue weighted by Crippen LogP contribution is 2.27. The topological polar surface area (TPSA) is 43.4 Å². The van der Waals surface area contributed by atoms with Gasteiger partial charge < -0.3 is 14.8 Å². The van der Waals surface area contributed by atoms with Gasteiger partial charge in [-0.3, -0.25) is 4.98 Å². The van der Waals surface area contributed by atoms with E-state index in [9.17, 15) is 4.39 Å². The van der Waals surface area contributed by atoms with Crippen molar-refractivity contribution in [1.82, 2.24) is 4.98 Å².